The van der Waals surface area contributed by atoms with Crippen LogP contribution in [0.1, 0.15) is 45.9 Å². The molecule has 11 heteroatoms. The summed E-state index contributed by atoms with van der Waals surface area (Å²) in [6.07, 6.45) is 2.35. The summed E-state index contributed by atoms with van der Waals surface area (Å²) in [7, 11) is 0. The molecular weight excluding hydrogens is 469 g/mol. The molecular formula is C23H31F3N4O3S. The number of aliphatic hydroxyl groups is 1. The highest BCUT2D eigenvalue weighted by atomic mass is 32.2. The van der Waals surface area contributed by atoms with E-state index in [1.54, 1.807) is 17.3 Å². The van der Waals surface area contributed by atoms with Crippen molar-refractivity contribution in [2.75, 3.05) is 18.1 Å². The molecule has 0 aliphatic carbocycles. The molecule has 7 nitrogen and oxygen atoms in total. The van der Waals surface area contributed by atoms with Crippen LogP contribution in [0, 0.1) is 0 Å². The number of hydrogen-bond donors (Lipinski definition) is 1. The quantitative estimate of drug-likeness (QED) is 0.478. The van der Waals surface area contributed by atoms with E-state index in [1.807, 2.05) is 11.8 Å². The predicted octanol–water partition coefficient (Wildman–Crippen LogP) is 4.64. The van der Waals surface area contributed by atoms with Crippen LogP contribution in [0.4, 0.5) is 18.9 Å². The maximum atomic E-state index is 12.2. The van der Waals surface area contributed by atoms with Crippen molar-refractivity contribution in [2.45, 2.75) is 75.5 Å². The molecule has 1 N–H and O–H groups in total. The Kier molecular flexibility index (Phi) is 9.24. The predicted molar refractivity (Wildman–Crippen MR) is 125 cm³/mol. The maximum absolute atomic E-state index is 12.2. The molecule has 1 saturated heterocycles. The van der Waals surface area contributed by atoms with Crippen molar-refractivity contribution in [1.82, 2.24) is 15.0 Å². The lowest BCUT2D eigenvalue weighted by atomic mass is 10.2. The maximum Gasteiger partial charge on any atom is 0.422 e. The lowest BCUT2D eigenvalue weighted by Crippen LogP contribution is -2.37. The van der Waals surface area contributed by atoms with Crippen LogP contribution in [0.5, 0.6) is 11.6 Å². The Morgan fingerprint density at radius 1 is 1.18 bits per heavy atom. The number of ether oxygens (including phenoxy) is 2. The first kappa shape index (κ1) is 26.3. The molecule has 2 aromatic rings. The van der Waals surface area contributed by atoms with Gasteiger partial charge in [-0.2, -0.15) is 24.9 Å². The molecule has 3 heterocycles. The van der Waals surface area contributed by atoms with Gasteiger partial charge in [-0.25, -0.2) is 15.0 Å². The second kappa shape index (κ2) is 11.9. The van der Waals surface area contributed by atoms with Gasteiger partial charge >= 0.3 is 6.18 Å². The molecule has 3 rings (SSSR count). The van der Waals surface area contributed by atoms with E-state index in [0.29, 0.717) is 34.9 Å². The van der Waals surface area contributed by atoms with Gasteiger partial charge in [-0.1, -0.05) is 20.8 Å². The zero-order valence-corrected chi connectivity index (χ0v) is 20.3. The molecule has 0 aromatic carbocycles. The van der Waals surface area contributed by atoms with Crippen molar-refractivity contribution < 1.29 is 27.8 Å². The van der Waals surface area contributed by atoms with Crippen molar-refractivity contribution in [3.63, 3.8) is 0 Å². The van der Waals surface area contributed by atoms with Crippen LogP contribution in [0.15, 0.2) is 30.7 Å². The minimum Gasteiger partial charge on any atom is -0.484 e. The van der Waals surface area contributed by atoms with Crippen LogP contribution in [0.25, 0.3) is 0 Å². The zero-order valence-electron chi connectivity index (χ0n) is 19.5. The third kappa shape index (κ3) is 7.90. The van der Waals surface area contributed by atoms with Crippen molar-refractivity contribution in [1.29, 1.82) is 0 Å². The number of pyridine rings is 1. The smallest absolute Gasteiger partial charge is 0.422 e. The van der Waals surface area contributed by atoms with Crippen LogP contribution in [0.2, 0.25) is 0 Å². The molecule has 0 radical (unpaired) electrons. The number of aryl methyl sites for hydroxylation is 1. The minimum absolute atomic E-state index is 0.149. The van der Waals surface area contributed by atoms with Gasteiger partial charge in [0.2, 0.25) is 5.88 Å². The van der Waals surface area contributed by atoms with Gasteiger partial charge in [0.1, 0.15) is 17.7 Å². The Bertz CT molecular complexity index is 885. The number of aliphatic hydroxyl groups excluding tert-OH is 1. The molecule has 0 saturated carbocycles. The van der Waals surface area contributed by atoms with Gasteiger partial charge in [0, 0.05) is 30.7 Å². The van der Waals surface area contributed by atoms with Crippen molar-refractivity contribution in [3.8, 4) is 11.6 Å². The summed E-state index contributed by atoms with van der Waals surface area (Å²) < 4.78 is 47.1. The number of alkyl halides is 3. The number of hydrogen-bond acceptors (Lipinski definition) is 8. The summed E-state index contributed by atoms with van der Waals surface area (Å²) in [5.41, 5.74) is 0.708. The first-order valence-corrected chi connectivity index (χ1v) is 12.3. The first-order chi connectivity index (χ1) is 16.1. The largest absolute Gasteiger partial charge is 0.484 e. The van der Waals surface area contributed by atoms with Gasteiger partial charge < -0.3 is 19.5 Å². The van der Waals surface area contributed by atoms with Crippen LogP contribution < -0.4 is 14.4 Å². The molecule has 0 amide bonds. The highest BCUT2D eigenvalue weighted by Crippen LogP contribution is 2.28. The Morgan fingerprint density at radius 2 is 1.91 bits per heavy atom. The number of nitrogens with zero attached hydrogens (tertiary/aromatic N) is 4. The van der Waals surface area contributed by atoms with E-state index in [1.165, 1.54) is 18.3 Å². The fourth-order valence-corrected chi connectivity index (χ4v) is 4.89. The number of thioether (sulfide) groups is 1. The van der Waals surface area contributed by atoms with Crippen LogP contribution in [0.3, 0.4) is 0 Å². The van der Waals surface area contributed by atoms with E-state index in [4.69, 9.17) is 4.74 Å². The van der Waals surface area contributed by atoms with Gasteiger partial charge in [-0.05, 0) is 24.2 Å². The Balaban J connectivity index is 1.51. The molecule has 2 aromatic heterocycles. The average molecular weight is 501 g/mol. The van der Waals surface area contributed by atoms with Gasteiger partial charge in [-0.15, -0.1) is 0 Å². The standard InChI is InChI=1S/C23H31F3N4O3S/c1-4-18(34-15(2)3)6-7-20-27-11-16(12-28-20)30-10-9-19(22(30)31)33-17-5-8-21(29-13-17)32-14-23(24,25)26/h5,8,11-13,15,18-19,22,31H,4,6-7,9-10,14H2,1-3H3/t18?,19-,22?/m1/s1. The lowest BCUT2D eigenvalue weighted by molar-refractivity contribution is -0.154. The monoisotopic (exact) mass is 500 g/mol. The minimum atomic E-state index is -4.43. The summed E-state index contributed by atoms with van der Waals surface area (Å²) in [6.45, 7) is 5.75. The van der Waals surface area contributed by atoms with Gasteiger partial charge in [0.25, 0.3) is 0 Å². The van der Waals surface area contributed by atoms with E-state index in [0.717, 1.165) is 25.1 Å². The Hall–Kier alpha value is -2.27. The third-order valence-corrected chi connectivity index (χ3v) is 6.82. The molecule has 2 unspecified atom stereocenters. The number of halogens is 3. The summed E-state index contributed by atoms with van der Waals surface area (Å²) in [5.74, 6) is 0.970. The van der Waals surface area contributed by atoms with Crippen LogP contribution in [-0.2, 0) is 6.42 Å². The summed E-state index contributed by atoms with van der Waals surface area (Å²) in [6, 6.07) is 2.77. The zero-order chi connectivity index (χ0) is 24.7. The molecule has 0 spiro atoms. The number of aromatic nitrogens is 3. The van der Waals surface area contributed by atoms with Crippen LogP contribution >= 0.6 is 11.8 Å². The van der Waals surface area contributed by atoms with Crippen molar-refractivity contribution >= 4 is 17.4 Å². The van der Waals surface area contributed by atoms with Gasteiger partial charge in [0.15, 0.2) is 12.8 Å². The lowest BCUT2D eigenvalue weighted by Gasteiger charge is -2.25. The first-order valence-electron chi connectivity index (χ1n) is 11.4. The number of anilines is 1. The second-order valence-electron chi connectivity index (χ2n) is 8.40. The molecule has 0 bridgehead atoms. The van der Waals surface area contributed by atoms with Crippen molar-refractivity contribution in [3.05, 3.63) is 36.5 Å². The van der Waals surface area contributed by atoms with Gasteiger partial charge in [-0.3, -0.25) is 0 Å². The van der Waals surface area contributed by atoms with E-state index < -0.39 is 25.1 Å². The summed E-state index contributed by atoms with van der Waals surface area (Å²) >= 11 is 1.98. The topological polar surface area (TPSA) is 80.6 Å². The molecule has 1 aliphatic rings. The van der Waals surface area contributed by atoms with E-state index in [9.17, 15) is 18.3 Å². The molecule has 34 heavy (non-hydrogen) atoms. The Morgan fingerprint density at radius 3 is 2.50 bits per heavy atom. The van der Waals surface area contributed by atoms with E-state index >= 15 is 0 Å². The fraction of sp³-hybridized carbons (Fsp3) is 0.609. The third-order valence-electron chi connectivity index (χ3n) is 5.32. The fourth-order valence-electron chi connectivity index (χ4n) is 3.67. The SMILES string of the molecule is CCC(CCc1ncc(N2CC[C@@H](Oc3ccc(OCC(F)(F)F)nc3)C2O)cn1)SC(C)C. The highest BCUT2D eigenvalue weighted by Gasteiger charge is 2.35. The van der Waals surface area contributed by atoms with E-state index in [2.05, 4.69) is 40.5 Å². The molecule has 188 valence electrons. The second-order valence-corrected chi connectivity index (χ2v) is 10.3. The molecule has 1 aliphatic heterocycles. The van der Waals surface area contributed by atoms with Gasteiger partial charge in [0.05, 0.1) is 24.3 Å². The van der Waals surface area contributed by atoms with Crippen LogP contribution in [-0.4, -0.2) is 62.2 Å². The molecule has 1 fully saturated rings. The highest BCUT2D eigenvalue weighted by molar-refractivity contribution is 8.00. The molecule has 3 atom stereocenters. The normalized spacial score (nSPS) is 19.5. The average Bonchev–Trinajstić information content (AvgIpc) is 3.15. The van der Waals surface area contributed by atoms with Crippen molar-refractivity contribution in [2.24, 2.45) is 0 Å². The summed E-state index contributed by atoms with van der Waals surface area (Å²) in [4.78, 5) is 14.6. The number of rotatable bonds is 11. The van der Waals surface area contributed by atoms with E-state index in [-0.39, 0.29) is 5.88 Å². The summed E-state index contributed by atoms with van der Waals surface area (Å²) in [5, 5.41) is 11.9. The Labute approximate surface area is 202 Å².